The van der Waals surface area contributed by atoms with Gasteiger partial charge < -0.3 is 20.5 Å². The second kappa shape index (κ2) is 5.83. The first-order valence-corrected chi connectivity index (χ1v) is 7.72. The quantitative estimate of drug-likeness (QED) is 0.466. The van der Waals surface area contributed by atoms with Gasteiger partial charge in [-0.3, -0.25) is 0 Å². The van der Waals surface area contributed by atoms with E-state index < -0.39 is 18.0 Å². The lowest BCUT2D eigenvalue weighted by atomic mass is 10.1. The highest BCUT2D eigenvalue weighted by Gasteiger charge is 2.45. The fourth-order valence-corrected chi connectivity index (χ4v) is 2.81. The lowest BCUT2D eigenvalue weighted by molar-refractivity contribution is -0.147. The predicted octanol–water partition coefficient (Wildman–Crippen LogP) is 3.84. The fourth-order valence-electron chi connectivity index (χ4n) is 2.81. The summed E-state index contributed by atoms with van der Waals surface area (Å²) in [5.74, 6) is -1.18. The van der Waals surface area contributed by atoms with Crippen LogP contribution in [0.2, 0.25) is 0 Å². The molecule has 27 heavy (non-hydrogen) atoms. The Morgan fingerprint density at radius 1 is 1.26 bits per heavy atom. The summed E-state index contributed by atoms with van der Waals surface area (Å²) < 4.78 is 59.9. The summed E-state index contributed by atoms with van der Waals surface area (Å²) in [6.45, 7) is 1.44. The second-order valence-corrected chi connectivity index (χ2v) is 5.90. The Morgan fingerprint density at radius 3 is 2.78 bits per heavy atom. The summed E-state index contributed by atoms with van der Waals surface area (Å²) in [5.41, 5.74) is 6.22. The van der Waals surface area contributed by atoms with Gasteiger partial charge in [0.1, 0.15) is 22.7 Å². The number of nitrogen functional groups attached to an aromatic ring is 1. The SMILES string of the molecule is Cc1c([C@@H](Nc2nc3nc(N)ncc3[nH]2)C(F)(F)F)oc2ccc(F)cc12. The molecule has 0 bridgehead atoms. The summed E-state index contributed by atoms with van der Waals surface area (Å²) in [4.78, 5) is 14.2. The molecule has 0 saturated heterocycles. The van der Waals surface area contributed by atoms with E-state index in [9.17, 15) is 17.6 Å². The van der Waals surface area contributed by atoms with Crippen molar-refractivity contribution in [3.63, 3.8) is 0 Å². The molecule has 0 aliphatic heterocycles. The Bertz CT molecular complexity index is 1150. The van der Waals surface area contributed by atoms with Crippen molar-refractivity contribution >= 4 is 34.0 Å². The van der Waals surface area contributed by atoms with Crippen LogP contribution in [0.25, 0.3) is 22.1 Å². The number of aromatic amines is 1. The molecule has 4 N–H and O–H groups in total. The maximum Gasteiger partial charge on any atom is 0.415 e. The number of halogens is 4. The largest absolute Gasteiger partial charge is 0.458 e. The minimum atomic E-state index is -4.71. The molecule has 3 aromatic heterocycles. The number of nitrogens with two attached hydrogens (primary N) is 1. The number of aryl methyl sites for hydroxylation is 1. The Morgan fingerprint density at radius 2 is 2.04 bits per heavy atom. The van der Waals surface area contributed by atoms with E-state index in [1.807, 2.05) is 0 Å². The van der Waals surface area contributed by atoms with Gasteiger partial charge >= 0.3 is 6.18 Å². The van der Waals surface area contributed by atoms with Crippen LogP contribution in [0.1, 0.15) is 17.4 Å². The van der Waals surface area contributed by atoms with Crippen molar-refractivity contribution in [2.75, 3.05) is 11.1 Å². The van der Waals surface area contributed by atoms with E-state index in [4.69, 9.17) is 10.2 Å². The molecule has 7 nitrogen and oxygen atoms in total. The van der Waals surface area contributed by atoms with E-state index in [-0.39, 0.29) is 39.8 Å². The maximum absolute atomic E-state index is 13.7. The molecular formula is C16H12F4N6O. The van der Waals surface area contributed by atoms with Gasteiger partial charge in [0.15, 0.2) is 11.7 Å². The number of hydrogen-bond acceptors (Lipinski definition) is 6. The smallest absolute Gasteiger partial charge is 0.415 e. The number of H-pyrrole nitrogens is 1. The van der Waals surface area contributed by atoms with Crippen LogP contribution in [0.5, 0.6) is 0 Å². The van der Waals surface area contributed by atoms with Crippen molar-refractivity contribution in [2.24, 2.45) is 0 Å². The zero-order valence-electron chi connectivity index (χ0n) is 13.7. The third-order valence-electron chi connectivity index (χ3n) is 4.06. The van der Waals surface area contributed by atoms with Crippen LogP contribution >= 0.6 is 0 Å². The number of anilines is 2. The lowest BCUT2D eigenvalue weighted by Crippen LogP contribution is -2.28. The Labute approximate surface area is 148 Å². The number of furan rings is 1. The van der Waals surface area contributed by atoms with Crippen LogP contribution in [-0.4, -0.2) is 26.1 Å². The van der Waals surface area contributed by atoms with E-state index in [1.165, 1.54) is 19.2 Å². The molecule has 0 amide bonds. The van der Waals surface area contributed by atoms with E-state index in [1.54, 1.807) is 0 Å². The zero-order valence-corrected chi connectivity index (χ0v) is 13.7. The van der Waals surface area contributed by atoms with E-state index in [0.717, 1.165) is 12.1 Å². The van der Waals surface area contributed by atoms with E-state index >= 15 is 0 Å². The highest BCUT2D eigenvalue weighted by Crippen LogP contribution is 2.40. The number of alkyl halides is 3. The van der Waals surface area contributed by atoms with Crippen LogP contribution in [-0.2, 0) is 0 Å². The molecule has 4 rings (SSSR count). The van der Waals surface area contributed by atoms with Crippen molar-refractivity contribution in [3.05, 3.63) is 41.5 Å². The van der Waals surface area contributed by atoms with Crippen LogP contribution < -0.4 is 11.1 Å². The normalized spacial score (nSPS) is 13.4. The van der Waals surface area contributed by atoms with E-state index in [0.29, 0.717) is 5.52 Å². The van der Waals surface area contributed by atoms with Crippen molar-refractivity contribution < 1.29 is 22.0 Å². The molecule has 1 atom stereocenters. The number of nitrogens with zero attached hydrogens (tertiary/aromatic N) is 3. The van der Waals surface area contributed by atoms with E-state index in [2.05, 4.69) is 25.3 Å². The molecule has 0 saturated carbocycles. The number of nitrogens with one attached hydrogen (secondary N) is 2. The van der Waals surface area contributed by atoms with Crippen molar-refractivity contribution in [3.8, 4) is 0 Å². The van der Waals surface area contributed by atoms with Gasteiger partial charge in [0.25, 0.3) is 0 Å². The maximum atomic E-state index is 13.7. The average molecular weight is 380 g/mol. The molecule has 0 aliphatic rings. The fraction of sp³-hybridized carbons (Fsp3) is 0.188. The molecule has 0 aliphatic carbocycles. The number of imidazole rings is 1. The van der Waals surface area contributed by atoms with Gasteiger partial charge in [0.05, 0.1) is 6.20 Å². The number of hydrogen-bond donors (Lipinski definition) is 3. The van der Waals surface area contributed by atoms with Crippen molar-refractivity contribution in [1.82, 2.24) is 19.9 Å². The minimum Gasteiger partial charge on any atom is -0.458 e. The van der Waals surface area contributed by atoms with Gasteiger partial charge in [-0.1, -0.05) is 0 Å². The standard InChI is InChI=1S/C16H12F4N6O/c1-6-8-4-7(17)2-3-10(8)27-11(6)12(16(18,19)20)24-15-23-9-5-22-14(21)25-13(9)26-15/h2-5,12H,1H3,(H4,21,22,23,24,25,26)/t12-/m1/s1. The second-order valence-electron chi connectivity index (χ2n) is 5.90. The van der Waals surface area contributed by atoms with Gasteiger partial charge in [0.2, 0.25) is 11.9 Å². The zero-order chi connectivity index (χ0) is 19.3. The van der Waals surface area contributed by atoms with Crippen molar-refractivity contribution in [1.29, 1.82) is 0 Å². The summed E-state index contributed by atoms with van der Waals surface area (Å²) in [7, 11) is 0. The van der Waals surface area contributed by atoms with Crippen LogP contribution in [0, 0.1) is 12.7 Å². The monoisotopic (exact) mass is 380 g/mol. The lowest BCUT2D eigenvalue weighted by Gasteiger charge is -2.20. The Balaban J connectivity index is 1.78. The van der Waals surface area contributed by atoms with Gasteiger partial charge in [0, 0.05) is 10.9 Å². The first kappa shape index (κ1) is 17.1. The molecule has 140 valence electrons. The molecule has 3 heterocycles. The predicted molar refractivity (Wildman–Crippen MR) is 89.4 cm³/mol. The molecule has 0 spiro atoms. The van der Waals surface area contributed by atoms with Crippen LogP contribution in [0.15, 0.2) is 28.8 Å². The summed E-state index contributed by atoms with van der Waals surface area (Å²) in [6.07, 6.45) is -3.39. The summed E-state index contributed by atoms with van der Waals surface area (Å²) >= 11 is 0. The molecule has 1 aromatic carbocycles. The van der Waals surface area contributed by atoms with Gasteiger partial charge in [-0.2, -0.15) is 23.1 Å². The molecule has 0 fully saturated rings. The highest BCUT2D eigenvalue weighted by molar-refractivity contribution is 5.82. The highest BCUT2D eigenvalue weighted by atomic mass is 19.4. The third-order valence-corrected chi connectivity index (χ3v) is 4.06. The molecule has 0 unspecified atom stereocenters. The number of aromatic nitrogens is 4. The van der Waals surface area contributed by atoms with Crippen molar-refractivity contribution in [2.45, 2.75) is 19.1 Å². The third kappa shape index (κ3) is 3.00. The first-order chi connectivity index (χ1) is 12.7. The molecule has 4 aromatic rings. The minimum absolute atomic E-state index is 0.0527. The number of fused-ring (bicyclic) bond motifs is 2. The Kier molecular flexibility index (Phi) is 3.68. The Hall–Kier alpha value is -3.37. The molecular weight excluding hydrogens is 368 g/mol. The summed E-state index contributed by atoms with van der Waals surface area (Å²) in [6, 6.07) is 1.32. The van der Waals surface area contributed by atoms with Gasteiger partial charge in [-0.05, 0) is 25.1 Å². The van der Waals surface area contributed by atoms with Crippen LogP contribution in [0.4, 0.5) is 29.5 Å². The van der Waals surface area contributed by atoms with Gasteiger partial charge in [-0.15, -0.1) is 0 Å². The molecule has 0 radical (unpaired) electrons. The average Bonchev–Trinajstić information content (AvgIpc) is 3.12. The summed E-state index contributed by atoms with van der Waals surface area (Å²) in [5, 5.41) is 2.54. The van der Waals surface area contributed by atoms with Gasteiger partial charge in [-0.25, -0.2) is 9.37 Å². The molecule has 11 heteroatoms. The van der Waals surface area contributed by atoms with Crippen LogP contribution in [0.3, 0.4) is 0 Å². The topological polar surface area (TPSA) is 106 Å². The number of benzene rings is 1. The number of rotatable bonds is 3. The first-order valence-electron chi connectivity index (χ1n) is 7.72.